The summed E-state index contributed by atoms with van der Waals surface area (Å²) in [5.41, 5.74) is -0.326. The minimum Gasteiger partial charge on any atom is -0.511 e. The zero-order valence-electron chi connectivity index (χ0n) is 26.5. The van der Waals surface area contributed by atoms with Crippen LogP contribution in [-0.2, 0) is 43.9 Å². The molecule has 0 radical (unpaired) electrons. The van der Waals surface area contributed by atoms with Crippen LogP contribution >= 0.6 is 0 Å². The van der Waals surface area contributed by atoms with Gasteiger partial charge in [-0.3, -0.25) is 24.6 Å². The number of aliphatic hydroxyl groups is 2. The van der Waals surface area contributed by atoms with Crippen molar-refractivity contribution in [1.82, 2.24) is 10.2 Å². The van der Waals surface area contributed by atoms with E-state index in [2.05, 4.69) is 5.32 Å². The van der Waals surface area contributed by atoms with Crippen LogP contribution in [0, 0.1) is 17.3 Å². The normalized spacial score (nSPS) is 32.8. The Bertz CT molecular complexity index is 1500. The summed E-state index contributed by atoms with van der Waals surface area (Å²) in [7, 11) is 4.96. The van der Waals surface area contributed by atoms with Gasteiger partial charge in [0.05, 0.1) is 56.7 Å². The number of methoxy groups -OCH3 is 1. The Hall–Kier alpha value is -3.33. The summed E-state index contributed by atoms with van der Waals surface area (Å²) in [6.07, 6.45) is -1.25. The van der Waals surface area contributed by atoms with Crippen molar-refractivity contribution in [2.24, 2.45) is 17.3 Å². The van der Waals surface area contributed by atoms with E-state index < -0.39 is 58.8 Å². The zero-order chi connectivity index (χ0) is 32.6. The van der Waals surface area contributed by atoms with Crippen LogP contribution in [0.5, 0.6) is 5.75 Å². The van der Waals surface area contributed by atoms with Gasteiger partial charge >= 0.3 is 5.97 Å². The molecule has 2 saturated heterocycles. The van der Waals surface area contributed by atoms with Gasteiger partial charge in [-0.15, -0.1) is 0 Å². The SMILES string of the molecule is COc1cccc2c1C1(OCCO1)C1=C(O)[C@@]3(C)[C@@H]([C@@H](O)[C@@H]1[C@H]2C)[C@H](N(C)C)C(OC(C)=O)=C(C(=O)NC(C)=O)C31OCCO1. The molecule has 13 heteroatoms. The summed E-state index contributed by atoms with van der Waals surface area (Å²) in [5, 5.41) is 27.8. The van der Waals surface area contributed by atoms with E-state index in [9.17, 15) is 24.6 Å². The highest BCUT2D eigenvalue weighted by Crippen LogP contribution is 2.68. The molecular formula is C32H40N2O11. The summed E-state index contributed by atoms with van der Waals surface area (Å²) >= 11 is 0. The van der Waals surface area contributed by atoms with E-state index in [1.165, 1.54) is 21.0 Å². The molecule has 1 aromatic rings. The third kappa shape index (κ3) is 4.11. The van der Waals surface area contributed by atoms with Crippen molar-refractivity contribution in [3.05, 3.63) is 52.0 Å². The number of hydrogen-bond acceptors (Lipinski definition) is 12. The van der Waals surface area contributed by atoms with Crippen molar-refractivity contribution in [3.8, 4) is 5.75 Å². The summed E-state index contributed by atoms with van der Waals surface area (Å²) in [4.78, 5) is 40.5. The number of carbonyl (C=O) groups is 3. The highest BCUT2D eigenvalue weighted by atomic mass is 16.7. The lowest BCUT2D eigenvalue weighted by Crippen LogP contribution is -2.71. The lowest BCUT2D eigenvalue weighted by Gasteiger charge is -2.62. The number of ether oxygens (including phenoxy) is 6. The summed E-state index contributed by atoms with van der Waals surface area (Å²) in [6.45, 7) is 6.38. The Kier molecular flexibility index (Phi) is 7.66. The Morgan fingerprint density at radius 3 is 2.22 bits per heavy atom. The van der Waals surface area contributed by atoms with Crippen LogP contribution in [0.15, 0.2) is 40.9 Å². The number of rotatable bonds is 4. The number of amides is 2. The minimum absolute atomic E-state index is 0.00643. The molecule has 5 aliphatic rings. The fraction of sp³-hybridized carbons (Fsp3) is 0.594. The second-order valence-corrected chi connectivity index (χ2v) is 12.6. The van der Waals surface area contributed by atoms with Crippen LogP contribution in [0.25, 0.3) is 0 Å². The molecule has 6 rings (SSSR count). The van der Waals surface area contributed by atoms with Gasteiger partial charge in [-0.2, -0.15) is 0 Å². The smallest absolute Gasteiger partial charge is 0.307 e. The summed E-state index contributed by atoms with van der Waals surface area (Å²) in [6, 6.07) is 4.59. The highest BCUT2D eigenvalue weighted by molar-refractivity contribution is 6.05. The second kappa shape index (κ2) is 10.9. The van der Waals surface area contributed by atoms with Gasteiger partial charge in [0.15, 0.2) is 0 Å². The second-order valence-electron chi connectivity index (χ2n) is 12.6. The zero-order valence-corrected chi connectivity index (χ0v) is 26.5. The van der Waals surface area contributed by atoms with Crippen molar-refractivity contribution in [3.63, 3.8) is 0 Å². The molecule has 45 heavy (non-hydrogen) atoms. The maximum Gasteiger partial charge on any atom is 0.307 e. The van der Waals surface area contributed by atoms with Crippen molar-refractivity contribution in [1.29, 1.82) is 0 Å². The molecule has 13 nitrogen and oxygen atoms in total. The molecule has 2 spiro atoms. The molecule has 0 aromatic heterocycles. The van der Waals surface area contributed by atoms with E-state index in [4.69, 9.17) is 28.4 Å². The highest BCUT2D eigenvalue weighted by Gasteiger charge is 2.75. The number of fused-ring (bicyclic) bond motifs is 6. The lowest BCUT2D eigenvalue weighted by molar-refractivity contribution is -0.262. The molecule has 3 N–H and O–H groups in total. The van der Waals surface area contributed by atoms with E-state index in [1.807, 2.05) is 19.1 Å². The number of nitrogens with zero attached hydrogens (tertiary/aromatic N) is 1. The van der Waals surface area contributed by atoms with E-state index in [0.29, 0.717) is 11.3 Å². The molecular weight excluding hydrogens is 588 g/mol. The molecule has 2 heterocycles. The first-order valence-electron chi connectivity index (χ1n) is 15.0. The van der Waals surface area contributed by atoms with Crippen LogP contribution in [0.2, 0.25) is 0 Å². The fourth-order valence-electron chi connectivity index (χ4n) is 8.52. The Labute approximate surface area is 261 Å². The third-order valence-electron chi connectivity index (χ3n) is 10.1. The summed E-state index contributed by atoms with van der Waals surface area (Å²) < 4.78 is 37.0. The van der Waals surface area contributed by atoms with E-state index >= 15 is 0 Å². The average molecular weight is 629 g/mol. The standard InChI is InChI=1S/C32H40N2O11/c1-15-18-9-8-10-19(40-7)21(18)31(41-11-12-42-31)22-20(15)26(37)23-25(34(5)6)27(45-17(3)36)24(29(39)33-16(2)35)32(43-13-14-44-32)30(23,4)28(22)38/h8-10,15,20,23,25-26,37-38H,11-14H2,1-7H3,(H,33,35,39)/t15-,20+,23+,25-,26-,30+/m0/s1. The predicted molar refractivity (Wildman–Crippen MR) is 155 cm³/mol. The van der Waals surface area contributed by atoms with Gasteiger partial charge < -0.3 is 38.6 Å². The number of aliphatic hydroxyl groups excluding tert-OH is 2. The van der Waals surface area contributed by atoms with Gasteiger partial charge in [0.1, 0.15) is 22.8 Å². The molecule has 6 atom stereocenters. The van der Waals surface area contributed by atoms with Gasteiger partial charge in [0.2, 0.25) is 17.5 Å². The summed E-state index contributed by atoms with van der Waals surface area (Å²) in [5.74, 6) is -8.06. The molecule has 0 saturated carbocycles. The molecule has 0 unspecified atom stereocenters. The maximum absolute atomic E-state index is 14.0. The predicted octanol–water partition coefficient (Wildman–Crippen LogP) is 1.60. The van der Waals surface area contributed by atoms with E-state index in [0.717, 1.165) is 5.56 Å². The van der Waals surface area contributed by atoms with Crippen molar-refractivity contribution < 1.29 is 53.0 Å². The Balaban J connectivity index is 1.74. The number of imide groups is 1. The van der Waals surface area contributed by atoms with Gasteiger partial charge in [-0.25, -0.2) is 0 Å². The monoisotopic (exact) mass is 628 g/mol. The van der Waals surface area contributed by atoms with Gasteiger partial charge in [0, 0.05) is 31.3 Å². The number of nitrogens with one attached hydrogen (secondary N) is 1. The first kappa shape index (κ1) is 31.6. The third-order valence-corrected chi connectivity index (χ3v) is 10.1. The number of hydrogen-bond donors (Lipinski definition) is 3. The topological polar surface area (TPSA) is 162 Å². The van der Waals surface area contributed by atoms with Crippen LogP contribution in [0.3, 0.4) is 0 Å². The lowest BCUT2D eigenvalue weighted by atomic mass is 9.49. The van der Waals surface area contributed by atoms with Crippen molar-refractivity contribution in [2.75, 3.05) is 47.6 Å². The fourth-order valence-corrected chi connectivity index (χ4v) is 8.52. The molecule has 244 valence electrons. The number of benzene rings is 1. The number of carbonyl (C=O) groups excluding carboxylic acids is 3. The van der Waals surface area contributed by atoms with Crippen LogP contribution < -0.4 is 10.1 Å². The largest absolute Gasteiger partial charge is 0.511 e. The van der Waals surface area contributed by atoms with Crippen LogP contribution in [0.4, 0.5) is 0 Å². The Morgan fingerprint density at radius 1 is 1.04 bits per heavy atom. The molecule has 2 amide bonds. The van der Waals surface area contributed by atoms with Crippen molar-refractivity contribution in [2.45, 2.75) is 57.3 Å². The van der Waals surface area contributed by atoms with Gasteiger partial charge in [-0.1, -0.05) is 19.1 Å². The van der Waals surface area contributed by atoms with Crippen LogP contribution in [0.1, 0.15) is 44.7 Å². The Morgan fingerprint density at radius 2 is 1.67 bits per heavy atom. The van der Waals surface area contributed by atoms with Crippen molar-refractivity contribution >= 4 is 17.8 Å². The number of esters is 1. The maximum atomic E-state index is 14.0. The average Bonchev–Trinajstić information content (AvgIpc) is 3.66. The number of likely N-dealkylation sites (N-methyl/N-ethyl adjacent to an activating group) is 1. The molecule has 2 aliphatic heterocycles. The molecule has 0 bridgehead atoms. The minimum atomic E-state index is -2.10. The quantitative estimate of drug-likeness (QED) is 0.414. The van der Waals surface area contributed by atoms with Gasteiger partial charge in [0.25, 0.3) is 5.91 Å². The molecule has 3 aliphatic carbocycles. The first-order chi connectivity index (χ1) is 21.3. The first-order valence-corrected chi connectivity index (χ1v) is 15.0. The van der Waals surface area contributed by atoms with E-state index in [-0.39, 0.29) is 55.0 Å². The molecule has 1 aromatic carbocycles. The van der Waals surface area contributed by atoms with E-state index in [1.54, 1.807) is 32.0 Å². The van der Waals surface area contributed by atoms with Crippen LogP contribution in [-0.4, -0.2) is 98.5 Å². The van der Waals surface area contributed by atoms with Gasteiger partial charge in [-0.05, 0) is 38.6 Å². The molecule has 2 fully saturated rings.